The van der Waals surface area contributed by atoms with E-state index >= 15 is 0 Å². The van der Waals surface area contributed by atoms with Crippen molar-refractivity contribution in [3.8, 4) is 0 Å². The van der Waals surface area contributed by atoms with Crippen LogP contribution in [0.2, 0.25) is 0 Å². The average molecular weight is 489 g/mol. The molecule has 0 bridgehead atoms. The SMILES string of the molecule is O=C(Nc1ccc2c(n1)NCC=C2c1ccn2ncc(C(=O)Nc3cccnc3)c2c1)c1ccncc1. The van der Waals surface area contributed by atoms with Gasteiger partial charge in [-0.2, -0.15) is 5.10 Å². The van der Waals surface area contributed by atoms with Crippen molar-refractivity contribution in [3.05, 3.63) is 114 Å². The lowest BCUT2D eigenvalue weighted by Gasteiger charge is -2.20. The Bertz CT molecular complexity index is 1660. The van der Waals surface area contributed by atoms with E-state index in [9.17, 15) is 9.59 Å². The fraction of sp³-hybridized carbons (Fsp3) is 0.0370. The summed E-state index contributed by atoms with van der Waals surface area (Å²) in [7, 11) is 0. The van der Waals surface area contributed by atoms with E-state index in [2.05, 4.69) is 42.1 Å². The molecule has 6 rings (SSSR count). The molecule has 3 N–H and O–H groups in total. The van der Waals surface area contributed by atoms with E-state index < -0.39 is 0 Å². The molecule has 2 amide bonds. The Hall–Kier alpha value is -5.38. The summed E-state index contributed by atoms with van der Waals surface area (Å²) in [6.07, 6.45) is 11.8. The van der Waals surface area contributed by atoms with E-state index in [0.29, 0.717) is 40.5 Å². The molecule has 10 nitrogen and oxygen atoms in total. The summed E-state index contributed by atoms with van der Waals surface area (Å²) in [5.74, 6) is 0.573. The van der Waals surface area contributed by atoms with Gasteiger partial charge in [0.25, 0.3) is 11.8 Å². The number of amides is 2. The Labute approximate surface area is 211 Å². The summed E-state index contributed by atoms with van der Waals surface area (Å²) in [5.41, 5.74) is 5.01. The van der Waals surface area contributed by atoms with Crippen molar-refractivity contribution in [1.29, 1.82) is 0 Å². The third kappa shape index (κ3) is 4.39. The zero-order valence-electron chi connectivity index (χ0n) is 19.4. The molecule has 5 aromatic heterocycles. The maximum Gasteiger partial charge on any atom is 0.259 e. The Kier molecular flexibility index (Phi) is 5.58. The molecule has 0 fully saturated rings. The number of anilines is 3. The summed E-state index contributed by atoms with van der Waals surface area (Å²) in [6, 6.07) is 14.4. The Morgan fingerprint density at radius 1 is 0.919 bits per heavy atom. The maximum absolute atomic E-state index is 12.9. The minimum atomic E-state index is -0.268. The molecule has 10 heteroatoms. The lowest BCUT2D eigenvalue weighted by atomic mass is 9.96. The second-order valence-corrected chi connectivity index (χ2v) is 8.28. The van der Waals surface area contributed by atoms with Gasteiger partial charge >= 0.3 is 0 Å². The highest BCUT2D eigenvalue weighted by molar-refractivity contribution is 6.09. The minimum Gasteiger partial charge on any atom is -0.366 e. The van der Waals surface area contributed by atoms with Gasteiger partial charge in [-0.25, -0.2) is 9.50 Å². The van der Waals surface area contributed by atoms with Crippen molar-refractivity contribution in [2.75, 3.05) is 22.5 Å². The van der Waals surface area contributed by atoms with Gasteiger partial charge in [-0.15, -0.1) is 0 Å². The first kappa shape index (κ1) is 22.1. The van der Waals surface area contributed by atoms with Crippen molar-refractivity contribution >= 4 is 40.2 Å². The molecule has 1 aliphatic heterocycles. The third-order valence-corrected chi connectivity index (χ3v) is 5.94. The number of nitrogens with zero attached hydrogens (tertiary/aromatic N) is 5. The molecule has 5 aromatic rings. The first-order valence-electron chi connectivity index (χ1n) is 11.5. The van der Waals surface area contributed by atoms with Crippen LogP contribution in [0, 0.1) is 0 Å². The van der Waals surface area contributed by atoms with Crippen LogP contribution in [0.4, 0.5) is 17.3 Å². The summed E-state index contributed by atoms with van der Waals surface area (Å²) in [5, 5.41) is 13.3. The summed E-state index contributed by atoms with van der Waals surface area (Å²) < 4.78 is 1.67. The molecule has 37 heavy (non-hydrogen) atoms. The molecule has 0 unspecified atom stereocenters. The van der Waals surface area contributed by atoms with E-state index in [4.69, 9.17) is 0 Å². The first-order chi connectivity index (χ1) is 18.2. The molecule has 0 saturated heterocycles. The largest absolute Gasteiger partial charge is 0.366 e. The number of nitrogens with one attached hydrogen (secondary N) is 3. The first-order valence-corrected chi connectivity index (χ1v) is 11.5. The predicted molar refractivity (Wildman–Crippen MR) is 139 cm³/mol. The second-order valence-electron chi connectivity index (χ2n) is 8.28. The van der Waals surface area contributed by atoms with E-state index in [-0.39, 0.29) is 11.8 Å². The molecule has 0 atom stereocenters. The van der Waals surface area contributed by atoms with Gasteiger partial charge in [0, 0.05) is 42.5 Å². The highest BCUT2D eigenvalue weighted by Gasteiger charge is 2.19. The van der Waals surface area contributed by atoms with Crippen LogP contribution in [0.1, 0.15) is 31.8 Å². The van der Waals surface area contributed by atoms with E-state index in [1.54, 1.807) is 65.8 Å². The van der Waals surface area contributed by atoms with Gasteiger partial charge in [0.1, 0.15) is 11.6 Å². The molecule has 6 heterocycles. The predicted octanol–water partition coefficient (Wildman–Crippen LogP) is 3.88. The number of carbonyl (C=O) groups is 2. The van der Waals surface area contributed by atoms with Crippen LogP contribution in [-0.2, 0) is 0 Å². The summed E-state index contributed by atoms with van der Waals surface area (Å²) in [4.78, 5) is 38.0. The number of aromatic nitrogens is 5. The molecule has 0 saturated carbocycles. The van der Waals surface area contributed by atoms with E-state index in [0.717, 1.165) is 16.7 Å². The van der Waals surface area contributed by atoms with Gasteiger partial charge < -0.3 is 16.0 Å². The van der Waals surface area contributed by atoms with Crippen LogP contribution >= 0.6 is 0 Å². The third-order valence-electron chi connectivity index (χ3n) is 5.94. The van der Waals surface area contributed by atoms with E-state index in [1.165, 1.54) is 0 Å². The normalized spacial score (nSPS) is 12.3. The Morgan fingerprint density at radius 3 is 2.65 bits per heavy atom. The van der Waals surface area contributed by atoms with Crippen LogP contribution < -0.4 is 16.0 Å². The number of pyridine rings is 4. The second kappa shape index (κ2) is 9.34. The fourth-order valence-corrected chi connectivity index (χ4v) is 4.16. The van der Waals surface area contributed by atoms with Crippen molar-refractivity contribution in [3.63, 3.8) is 0 Å². The molecule has 180 valence electrons. The number of carbonyl (C=O) groups excluding carboxylic acids is 2. The van der Waals surface area contributed by atoms with Crippen LogP contribution in [0.25, 0.3) is 11.1 Å². The molecular weight excluding hydrogens is 468 g/mol. The lowest BCUT2D eigenvalue weighted by molar-refractivity contribution is 0.101. The highest BCUT2D eigenvalue weighted by atomic mass is 16.2. The van der Waals surface area contributed by atoms with Gasteiger partial charge in [-0.05, 0) is 59.7 Å². The van der Waals surface area contributed by atoms with Crippen LogP contribution in [0.15, 0.2) is 91.8 Å². The van der Waals surface area contributed by atoms with Gasteiger partial charge in [0.15, 0.2) is 0 Å². The lowest BCUT2D eigenvalue weighted by Crippen LogP contribution is -2.16. The van der Waals surface area contributed by atoms with E-state index in [1.807, 2.05) is 24.4 Å². The van der Waals surface area contributed by atoms with Gasteiger partial charge in [0.05, 0.1) is 29.2 Å². The smallest absolute Gasteiger partial charge is 0.259 e. The van der Waals surface area contributed by atoms with Gasteiger partial charge in [-0.3, -0.25) is 19.6 Å². The molecule has 0 spiro atoms. The number of hydrogen-bond acceptors (Lipinski definition) is 7. The minimum absolute atomic E-state index is 0.260. The maximum atomic E-state index is 12.9. The van der Waals surface area contributed by atoms with Crippen molar-refractivity contribution < 1.29 is 9.59 Å². The molecule has 1 aliphatic rings. The zero-order chi connectivity index (χ0) is 25.2. The van der Waals surface area contributed by atoms with Gasteiger partial charge in [-0.1, -0.05) is 6.08 Å². The van der Waals surface area contributed by atoms with Crippen LogP contribution in [0.3, 0.4) is 0 Å². The summed E-state index contributed by atoms with van der Waals surface area (Å²) >= 11 is 0. The monoisotopic (exact) mass is 488 g/mol. The topological polar surface area (TPSA) is 126 Å². The average Bonchev–Trinajstić information content (AvgIpc) is 3.37. The summed E-state index contributed by atoms with van der Waals surface area (Å²) in [6.45, 7) is 0.565. The highest BCUT2D eigenvalue weighted by Crippen LogP contribution is 2.33. The zero-order valence-corrected chi connectivity index (χ0v) is 19.4. The van der Waals surface area contributed by atoms with Crippen molar-refractivity contribution in [2.45, 2.75) is 0 Å². The van der Waals surface area contributed by atoms with Crippen molar-refractivity contribution in [2.24, 2.45) is 0 Å². The number of hydrogen-bond donors (Lipinski definition) is 3. The molecular formula is C27H20N8O2. The Morgan fingerprint density at radius 2 is 1.81 bits per heavy atom. The fourth-order valence-electron chi connectivity index (χ4n) is 4.16. The number of fused-ring (bicyclic) bond motifs is 2. The molecule has 0 aromatic carbocycles. The van der Waals surface area contributed by atoms with Crippen LogP contribution in [-0.4, -0.2) is 42.9 Å². The Balaban J connectivity index is 1.28. The quantitative estimate of drug-likeness (QED) is 0.343. The standard InChI is InChI=1S/C27H20N8O2/c36-26(17-5-10-28-11-6-17)34-24-4-3-21-20(7-12-30-25(21)33-24)18-8-13-35-23(14-18)22(16-31-35)27(37)32-19-2-1-9-29-15-19/h1-11,13-16H,12H2,(H,32,37)(H2,30,33,34,36). The van der Waals surface area contributed by atoms with Crippen LogP contribution in [0.5, 0.6) is 0 Å². The van der Waals surface area contributed by atoms with Gasteiger partial charge in [0.2, 0.25) is 0 Å². The number of rotatable bonds is 5. The molecule has 0 radical (unpaired) electrons. The molecule has 0 aliphatic carbocycles. The van der Waals surface area contributed by atoms with Crippen molar-refractivity contribution in [1.82, 2.24) is 24.6 Å².